The number of aromatic amines is 1. The predicted octanol–water partition coefficient (Wildman–Crippen LogP) is 3.06. The smallest absolute Gasteiger partial charge is 0.303 e. The van der Waals surface area contributed by atoms with Crippen LogP contribution in [0.2, 0.25) is 0 Å². The van der Waals surface area contributed by atoms with Gasteiger partial charge in [-0.1, -0.05) is 30.3 Å². The van der Waals surface area contributed by atoms with E-state index in [9.17, 15) is 9.59 Å². The van der Waals surface area contributed by atoms with Crippen LogP contribution in [0.1, 0.15) is 25.5 Å². The molecule has 5 heteroatoms. The quantitative estimate of drug-likeness (QED) is 0.728. The van der Waals surface area contributed by atoms with Crippen molar-refractivity contribution in [2.24, 2.45) is 0 Å². The molecule has 0 aliphatic heterocycles. The Morgan fingerprint density at radius 3 is 2.57 bits per heavy atom. The van der Waals surface area contributed by atoms with Gasteiger partial charge < -0.3 is 15.0 Å². The molecule has 0 fully saturated rings. The first-order valence-corrected chi connectivity index (χ1v) is 7.46. The third-order valence-electron chi connectivity index (χ3n) is 3.75. The first-order chi connectivity index (χ1) is 11.0. The zero-order valence-corrected chi connectivity index (χ0v) is 13.1. The number of hydrogen-bond donors (Lipinski definition) is 2. The second-order valence-corrected chi connectivity index (χ2v) is 5.51. The molecule has 2 aromatic carbocycles. The molecule has 0 saturated heterocycles. The summed E-state index contributed by atoms with van der Waals surface area (Å²) in [6.45, 7) is 3.05. The van der Waals surface area contributed by atoms with Crippen molar-refractivity contribution in [3.8, 4) is 0 Å². The highest BCUT2D eigenvalue weighted by Crippen LogP contribution is 2.28. The van der Waals surface area contributed by atoms with Gasteiger partial charge in [0.05, 0.1) is 6.54 Å². The highest BCUT2D eigenvalue weighted by atomic mass is 16.5. The molecule has 1 unspecified atom stereocenters. The van der Waals surface area contributed by atoms with Crippen LogP contribution in [0.25, 0.3) is 21.8 Å². The van der Waals surface area contributed by atoms with Gasteiger partial charge in [0.2, 0.25) is 5.91 Å². The van der Waals surface area contributed by atoms with E-state index in [0.29, 0.717) is 0 Å². The Hall–Kier alpha value is -2.82. The molecule has 23 heavy (non-hydrogen) atoms. The van der Waals surface area contributed by atoms with Crippen molar-refractivity contribution >= 4 is 33.7 Å². The number of fused-ring (bicyclic) bond motifs is 3. The normalized spacial score (nSPS) is 12.3. The van der Waals surface area contributed by atoms with Crippen LogP contribution < -0.4 is 5.32 Å². The van der Waals surface area contributed by atoms with Crippen molar-refractivity contribution in [1.82, 2.24) is 10.3 Å². The second kappa shape index (κ2) is 6.12. The van der Waals surface area contributed by atoms with E-state index in [1.54, 1.807) is 0 Å². The van der Waals surface area contributed by atoms with Gasteiger partial charge in [0.25, 0.3) is 0 Å². The Balaban J connectivity index is 2.00. The summed E-state index contributed by atoms with van der Waals surface area (Å²) < 4.78 is 5.34. The molecular formula is C18H18N2O3. The topological polar surface area (TPSA) is 71.2 Å². The summed E-state index contributed by atoms with van der Waals surface area (Å²) in [4.78, 5) is 25.8. The molecule has 3 rings (SSSR count). The summed E-state index contributed by atoms with van der Waals surface area (Å²) >= 11 is 0. The molecule has 1 aromatic heterocycles. The molecule has 2 N–H and O–H groups in total. The van der Waals surface area contributed by atoms with Crippen molar-refractivity contribution in [3.05, 3.63) is 48.0 Å². The first-order valence-electron chi connectivity index (χ1n) is 7.46. The Labute approximate surface area is 133 Å². The van der Waals surface area contributed by atoms with E-state index in [4.69, 9.17) is 4.74 Å². The Morgan fingerprint density at radius 2 is 1.83 bits per heavy atom. The summed E-state index contributed by atoms with van der Waals surface area (Å²) in [5, 5.41) is 4.97. The van der Waals surface area contributed by atoms with Gasteiger partial charge in [-0.2, -0.15) is 0 Å². The van der Waals surface area contributed by atoms with Crippen LogP contribution in [0.4, 0.5) is 0 Å². The molecule has 0 spiro atoms. The van der Waals surface area contributed by atoms with Crippen LogP contribution in [-0.2, 0) is 14.3 Å². The maximum absolute atomic E-state index is 11.3. The van der Waals surface area contributed by atoms with Crippen LogP contribution in [0.3, 0.4) is 0 Å². The number of esters is 1. The minimum atomic E-state index is -0.507. The van der Waals surface area contributed by atoms with Crippen LogP contribution >= 0.6 is 0 Å². The van der Waals surface area contributed by atoms with Gasteiger partial charge in [0.15, 0.2) is 0 Å². The number of nitrogens with one attached hydrogen (secondary N) is 2. The van der Waals surface area contributed by atoms with Crippen molar-refractivity contribution in [2.75, 3.05) is 6.54 Å². The van der Waals surface area contributed by atoms with E-state index in [2.05, 4.69) is 16.4 Å². The Kier molecular flexibility index (Phi) is 4.02. The monoisotopic (exact) mass is 310 g/mol. The van der Waals surface area contributed by atoms with Crippen LogP contribution in [0, 0.1) is 0 Å². The number of rotatable bonds is 4. The fourth-order valence-corrected chi connectivity index (χ4v) is 2.74. The van der Waals surface area contributed by atoms with Gasteiger partial charge in [-0.15, -0.1) is 0 Å². The molecule has 1 heterocycles. The van der Waals surface area contributed by atoms with E-state index >= 15 is 0 Å². The molecular weight excluding hydrogens is 292 g/mol. The lowest BCUT2D eigenvalue weighted by Gasteiger charge is -2.17. The Morgan fingerprint density at radius 1 is 1.09 bits per heavy atom. The SMILES string of the molecule is CC(=O)NCC(OC(C)=O)c1ccc2c(c1)[nH]c1ccccc12. The molecule has 0 bridgehead atoms. The van der Waals surface area contributed by atoms with Gasteiger partial charge >= 0.3 is 5.97 Å². The standard InChI is InChI=1S/C18H18N2O3/c1-11(21)19-10-18(23-12(2)22)13-7-8-15-14-5-3-4-6-16(14)20-17(15)9-13/h3-9,18,20H,10H2,1-2H3,(H,19,21). The molecule has 3 aromatic rings. The van der Waals surface area contributed by atoms with Crippen molar-refractivity contribution in [2.45, 2.75) is 20.0 Å². The van der Waals surface area contributed by atoms with E-state index in [1.165, 1.54) is 13.8 Å². The summed E-state index contributed by atoms with van der Waals surface area (Å²) in [7, 11) is 0. The number of carbonyl (C=O) groups excluding carboxylic acids is 2. The largest absolute Gasteiger partial charge is 0.456 e. The molecule has 0 radical (unpaired) electrons. The highest BCUT2D eigenvalue weighted by molar-refractivity contribution is 6.07. The maximum atomic E-state index is 11.3. The van der Waals surface area contributed by atoms with Gasteiger partial charge in [-0.3, -0.25) is 9.59 Å². The van der Waals surface area contributed by atoms with Crippen molar-refractivity contribution in [3.63, 3.8) is 0 Å². The summed E-state index contributed by atoms with van der Waals surface area (Å²) in [5.74, 6) is -0.536. The number of aromatic nitrogens is 1. The van der Waals surface area contributed by atoms with Gasteiger partial charge in [0, 0.05) is 35.7 Å². The Bertz CT molecular complexity index is 882. The van der Waals surface area contributed by atoms with E-state index in [-0.39, 0.29) is 18.4 Å². The van der Waals surface area contributed by atoms with Crippen LogP contribution in [0.5, 0.6) is 0 Å². The zero-order chi connectivity index (χ0) is 16.4. The number of H-pyrrole nitrogens is 1. The van der Waals surface area contributed by atoms with Crippen molar-refractivity contribution in [1.29, 1.82) is 0 Å². The fourth-order valence-electron chi connectivity index (χ4n) is 2.74. The summed E-state index contributed by atoms with van der Waals surface area (Å²) in [5.41, 5.74) is 2.88. The maximum Gasteiger partial charge on any atom is 0.303 e. The number of para-hydroxylation sites is 1. The summed E-state index contributed by atoms with van der Waals surface area (Å²) in [6.07, 6.45) is -0.507. The number of ether oxygens (including phenoxy) is 1. The molecule has 0 aliphatic rings. The van der Waals surface area contributed by atoms with Gasteiger partial charge in [-0.05, 0) is 17.7 Å². The zero-order valence-electron chi connectivity index (χ0n) is 13.1. The summed E-state index contributed by atoms with van der Waals surface area (Å²) in [6, 6.07) is 14.0. The molecule has 1 atom stereocenters. The number of carbonyl (C=O) groups is 2. The van der Waals surface area contributed by atoms with Crippen LogP contribution in [0.15, 0.2) is 42.5 Å². The van der Waals surface area contributed by atoms with Gasteiger partial charge in [-0.25, -0.2) is 0 Å². The minimum Gasteiger partial charge on any atom is -0.456 e. The number of amides is 1. The lowest BCUT2D eigenvalue weighted by molar-refractivity contribution is -0.147. The van der Waals surface area contributed by atoms with Gasteiger partial charge in [0.1, 0.15) is 6.10 Å². The second-order valence-electron chi connectivity index (χ2n) is 5.51. The van der Waals surface area contributed by atoms with E-state index in [0.717, 1.165) is 27.4 Å². The first kappa shape index (κ1) is 15.1. The minimum absolute atomic E-state index is 0.158. The average molecular weight is 310 g/mol. The number of benzene rings is 2. The predicted molar refractivity (Wildman–Crippen MR) is 89.0 cm³/mol. The van der Waals surface area contributed by atoms with E-state index in [1.807, 2.05) is 36.4 Å². The number of hydrogen-bond acceptors (Lipinski definition) is 3. The third kappa shape index (κ3) is 3.18. The lowest BCUT2D eigenvalue weighted by atomic mass is 10.1. The molecule has 0 saturated carbocycles. The van der Waals surface area contributed by atoms with Crippen LogP contribution in [-0.4, -0.2) is 23.4 Å². The highest BCUT2D eigenvalue weighted by Gasteiger charge is 2.16. The molecule has 5 nitrogen and oxygen atoms in total. The van der Waals surface area contributed by atoms with E-state index < -0.39 is 6.10 Å². The fraction of sp³-hybridized carbons (Fsp3) is 0.222. The molecule has 118 valence electrons. The average Bonchev–Trinajstić information content (AvgIpc) is 2.88. The molecule has 1 amide bonds. The van der Waals surface area contributed by atoms with Crippen molar-refractivity contribution < 1.29 is 14.3 Å². The molecule has 0 aliphatic carbocycles. The lowest BCUT2D eigenvalue weighted by Crippen LogP contribution is -2.28. The third-order valence-corrected chi connectivity index (χ3v) is 3.75.